The van der Waals surface area contributed by atoms with Crippen molar-refractivity contribution in [2.75, 3.05) is 36.0 Å². The quantitative estimate of drug-likeness (QED) is 0.186. The van der Waals surface area contributed by atoms with Gasteiger partial charge in [-0.1, -0.05) is 58.7 Å². The van der Waals surface area contributed by atoms with E-state index in [9.17, 15) is 9.59 Å². The molecule has 38 heavy (non-hydrogen) atoms. The smallest absolute Gasteiger partial charge is 0.248 e. The number of carbonyl (C=O) groups excluding carboxylic acids is 2. The topological polar surface area (TPSA) is 87.5 Å². The summed E-state index contributed by atoms with van der Waals surface area (Å²) < 4.78 is 0.971. The van der Waals surface area contributed by atoms with Crippen LogP contribution >= 0.6 is 15.9 Å². The molecule has 6 nitrogen and oxygen atoms in total. The molecule has 3 aromatic rings. The molecule has 4 N–H and O–H groups in total. The van der Waals surface area contributed by atoms with Gasteiger partial charge in [-0.25, -0.2) is 0 Å². The molecule has 1 aliphatic heterocycles. The number of para-hydroxylation sites is 2. The SMILES string of the molecule is Nc1ccccc1NC(=O)/C=C/c1ccc(C(CCCN2CCCCC2)C(=O)Nc2ccc(Br)cc2)cc1. The van der Waals surface area contributed by atoms with Gasteiger partial charge in [-0.2, -0.15) is 0 Å². The predicted molar refractivity (Wildman–Crippen MR) is 160 cm³/mol. The fraction of sp³-hybridized carbons (Fsp3) is 0.290. The lowest BCUT2D eigenvalue weighted by molar-refractivity contribution is -0.117. The molecule has 1 heterocycles. The van der Waals surface area contributed by atoms with Gasteiger partial charge in [-0.15, -0.1) is 0 Å². The van der Waals surface area contributed by atoms with E-state index < -0.39 is 0 Å². The number of piperidine rings is 1. The maximum absolute atomic E-state index is 13.4. The number of hydrogen-bond donors (Lipinski definition) is 3. The van der Waals surface area contributed by atoms with E-state index in [4.69, 9.17) is 5.73 Å². The third-order valence-corrected chi connectivity index (χ3v) is 7.36. The van der Waals surface area contributed by atoms with Crippen LogP contribution in [0.4, 0.5) is 17.1 Å². The molecule has 3 aromatic carbocycles. The second kappa shape index (κ2) is 13.9. The van der Waals surface area contributed by atoms with Gasteiger partial charge in [-0.05, 0) is 98.9 Å². The minimum absolute atomic E-state index is 0.00548. The second-order valence-electron chi connectivity index (χ2n) is 9.67. The Balaban J connectivity index is 1.41. The van der Waals surface area contributed by atoms with Crippen molar-refractivity contribution < 1.29 is 9.59 Å². The lowest BCUT2D eigenvalue weighted by Crippen LogP contribution is -2.31. The van der Waals surface area contributed by atoms with E-state index >= 15 is 0 Å². The standard InChI is InChI=1S/C31H35BrN4O2/c32-25-15-17-26(18-16-25)34-31(38)27(7-6-22-36-20-4-1-5-21-36)24-13-10-23(11-14-24)12-19-30(37)35-29-9-3-2-8-28(29)33/h2-3,8-19,27H,1,4-7,20-22,33H2,(H,34,38)(H,35,37)/b19-12+. The highest BCUT2D eigenvalue weighted by Gasteiger charge is 2.21. The van der Waals surface area contributed by atoms with E-state index in [1.54, 1.807) is 18.2 Å². The van der Waals surface area contributed by atoms with Crippen LogP contribution in [0.2, 0.25) is 0 Å². The van der Waals surface area contributed by atoms with Crippen molar-refractivity contribution >= 4 is 50.9 Å². The van der Waals surface area contributed by atoms with Gasteiger partial charge in [0.05, 0.1) is 17.3 Å². The number of nitrogens with one attached hydrogen (secondary N) is 2. The molecule has 1 saturated heterocycles. The van der Waals surface area contributed by atoms with Crippen molar-refractivity contribution in [1.82, 2.24) is 4.90 Å². The Hall–Kier alpha value is -3.42. The number of carbonyl (C=O) groups is 2. The first-order valence-electron chi connectivity index (χ1n) is 13.2. The van der Waals surface area contributed by atoms with Crippen LogP contribution in [0.3, 0.4) is 0 Å². The lowest BCUT2D eigenvalue weighted by atomic mass is 9.92. The van der Waals surface area contributed by atoms with Crippen LogP contribution in [0, 0.1) is 0 Å². The van der Waals surface area contributed by atoms with Crippen molar-refractivity contribution in [2.24, 2.45) is 0 Å². The number of likely N-dealkylation sites (tertiary alicyclic amines) is 1. The first-order chi connectivity index (χ1) is 18.5. The number of rotatable bonds is 10. The van der Waals surface area contributed by atoms with E-state index in [2.05, 4.69) is 31.5 Å². The Kier molecular flexibility index (Phi) is 10.1. The van der Waals surface area contributed by atoms with Crippen LogP contribution in [0.5, 0.6) is 0 Å². The molecule has 4 rings (SSSR count). The zero-order chi connectivity index (χ0) is 26.7. The Morgan fingerprint density at radius 2 is 1.63 bits per heavy atom. The van der Waals surface area contributed by atoms with Gasteiger partial charge < -0.3 is 21.3 Å². The van der Waals surface area contributed by atoms with Crippen molar-refractivity contribution in [3.05, 3.63) is 94.5 Å². The maximum atomic E-state index is 13.4. The number of hydrogen-bond acceptors (Lipinski definition) is 4. The predicted octanol–water partition coefficient (Wildman–Crippen LogP) is 6.67. The number of anilines is 3. The summed E-state index contributed by atoms with van der Waals surface area (Å²) in [7, 11) is 0. The molecule has 0 bridgehead atoms. The first-order valence-corrected chi connectivity index (χ1v) is 14.0. The molecule has 1 atom stereocenters. The van der Waals surface area contributed by atoms with E-state index in [-0.39, 0.29) is 17.7 Å². The minimum Gasteiger partial charge on any atom is -0.397 e. The molecule has 1 fully saturated rings. The summed E-state index contributed by atoms with van der Waals surface area (Å²) in [6, 6.07) is 22.7. The summed E-state index contributed by atoms with van der Waals surface area (Å²) in [5.74, 6) is -0.517. The van der Waals surface area contributed by atoms with Crippen LogP contribution in [-0.2, 0) is 9.59 Å². The van der Waals surface area contributed by atoms with E-state index in [1.165, 1.54) is 25.3 Å². The van der Waals surface area contributed by atoms with E-state index in [0.29, 0.717) is 11.4 Å². The number of amides is 2. The second-order valence-corrected chi connectivity index (χ2v) is 10.6. The maximum Gasteiger partial charge on any atom is 0.248 e. The largest absolute Gasteiger partial charge is 0.397 e. The van der Waals surface area contributed by atoms with Crippen molar-refractivity contribution in [3.8, 4) is 0 Å². The van der Waals surface area contributed by atoms with Gasteiger partial charge >= 0.3 is 0 Å². The van der Waals surface area contributed by atoms with Crippen molar-refractivity contribution in [2.45, 2.75) is 38.0 Å². The summed E-state index contributed by atoms with van der Waals surface area (Å²) in [5, 5.41) is 5.88. The number of nitrogens with zero attached hydrogens (tertiary/aromatic N) is 1. The number of benzene rings is 3. The third kappa shape index (κ3) is 8.30. The Morgan fingerprint density at radius 1 is 0.921 bits per heavy atom. The molecule has 7 heteroatoms. The fourth-order valence-corrected chi connectivity index (χ4v) is 4.97. The lowest BCUT2D eigenvalue weighted by Gasteiger charge is -2.27. The molecule has 0 spiro atoms. The summed E-state index contributed by atoms with van der Waals surface area (Å²) in [5.41, 5.74) is 9.64. The Morgan fingerprint density at radius 3 is 2.34 bits per heavy atom. The fourth-order valence-electron chi connectivity index (χ4n) is 4.71. The van der Waals surface area contributed by atoms with Crippen LogP contribution in [0.1, 0.15) is 49.1 Å². The van der Waals surface area contributed by atoms with Gasteiger partial charge in [-0.3, -0.25) is 9.59 Å². The molecule has 0 radical (unpaired) electrons. The summed E-state index contributed by atoms with van der Waals surface area (Å²) in [4.78, 5) is 28.2. The monoisotopic (exact) mass is 574 g/mol. The molecule has 198 valence electrons. The van der Waals surface area contributed by atoms with Crippen LogP contribution < -0.4 is 16.4 Å². The van der Waals surface area contributed by atoms with Gasteiger partial charge in [0.1, 0.15) is 0 Å². The molecule has 0 aliphatic carbocycles. The molecule has 2 amide bonds. The van der Waals surface area contributed by atoms with Crippen LogP contribution in [0.15, 0.2) is 83.3 Å². The van der Waals surface area contributed by atoms with E-state index in [1.807, 2.05) is 60.7 Å². The zero-order valence-electron chi connectivity index (χ0n) is 21.5. The highest BCUT2D eigenvalue weighted by Crippen LogP contribution is 2.26. The van der Waals surface area contributed by atoms with Crippen LogP contribution in [-0.4, -0.2) is 36.3 Å². The normalized spacial score (nSPS) is 14.8. The Labute approximate surface area is 233 Å². The molecule has 0 saturated carbocycles. The van der Waals surface area contributed by atoms with Gasteiger partial charge in [0.15, 0.2) is 0 Å². The van der Waals surface area contributed by atoms with Gasteiger partial charge in [0.2, 0.25) is 11.8 Å². The van der Waals surface area contributed by atoms with Crippen LogP contribution in [0.25, 0.3) is 6.08 Å². The number of nitrogen functional groups attached to an aromatic ring is 1. The summed E-state index contributed by atoms with van der Waals surface area (Å²) in [6.45, 7) is 3.33. The number of nitrogens with two attached hydrogens (primary N) is 1. The zero-order valence-corrected chi connectivity index (χ0v) is 23.1. The molecular formula is C31H35BrN4O2. The highest BCUT2D eigenvalue weighted by atomic mass is 79.9. The summed E-state index contributed by atoms with van der Waals surface area (Å²) >= 11 is 3.44. The molecule has 1 unspecified atom stereocenters. The average molecular weight is 576 g/mol. The average Bonchev–Trinajstić information content (AvgIpc) is 2.93. The third-order valence-electron chi connectivity index (χ3n) is 6.83. The molecular weight excluding hydrogens is 540 g/mol. The van der Waals surface area contributed by atoms with Crippen molar-refractivity contribution in [3.63, 3.8) is 0 Å². The Bertz CT molecular complexity index is 1240. The highest BCUT2D eigenvalue weighted by molar-refractivity contribution is 9.10. The van der Waals surface area contributed by atoms with Crippen molar-refractivity contribution in [1.29, 1.82) is 0 Å². The number of halogens is 1. The molecule has 0 aromatic heterocycles. The molecule has 1 aliphatic rings. The van der Waals surface area contributed by atoms with E-state index in [0.717, 1.165) is 53.8 Å². The first kappa shape index (κ1) is 27.6. The summed E-state index contributed by atoms with van der Waals surface area (Å²) in [6.07, 6.45) is 8.82. The van der Waals surface area contributed by atoms with Gasteiger partial charge in [0, 0.05) is 16.2 Å². The minimum atomic E-state index is -0.258. The van der Waals surface area contributed by atoms with Gasteiger partial charge in [0.25, 0.3) is 0 Å².